The minimum atomic E-state index is -0.348. The second-order valence-electron chi connectivity index (χ2n) is 2.45. The highest BCUT2D eigenvalue weighted by Crippen LogP contribution is 2.14. The first-order chi connectivity index (χ1) is 5.77. The third-order valence-corrected chi connectivity index (χ3v) is 1.62. The lowest BCUT2D eigenvalue weighted by molar-refractivity contribution is 0.339. The predicted molar refractivity (Wildman–Crippen MR) is 44.1 cm³/mol. The summed E-state index contributed by atoms with van der Waals surface area (Å²) < 4.78 is 4.90. The fraction of sp³-hybridized carbons (Fsp3) is 0. The van der Waals surface area contributed by atoms with Crippen molar-refractivity contribution in [1.82, 2.24) is 0 Å². The maximum Gasteiger partial charge on any atom is 0.286 e. The molecule has 0 aliphatic carbocycles. The molecule has 60 valence electrons. The first-order valence-corrected chi connectivity index (χ1v) is 3.49. The van der Waals surface area contributed by atoms with Crippen LogP contribution < -0.4 is 5.43 Å². The van der Waals surface area contributed by atoms with Gasteiger partial charge in [-0.2, -0.15) is 0 Å². The lowest BCUT2D eigenvalue weighted by Gasteiger charge is -1.94. The van der Waals surface area contributed by atoms with Gasteiger partial charge in [0, 0.05) is 0 Å². The quantitative estimate of drug-likeness (QED) is 0.638. The first-order valence-electron chi connectivity index (χ1n) is 3.49. The van der Waals surface area contributed by atoms with Crippen molar-refractivity contribution in [3.8, 4) is 5.95 Å². The van der Waals surface area contributed by atoms with Gasteiger partial charge in [-0.15, -0.1) is 0 Å². The molecule has 3 nitrogen and oxygen atoms in total. The number of para-hydroxylation sites is 1. The summed E-state index contributed by atoms with van der Waals surface area (Å²) in [4.78, 5) is 11.2. The summed E-state index contributed by atoms with van der Waals surface area (Å²) in [5.74, 6) is -0.348. The van der Waals surface area contributed by atoms with Crippen LogP contribution in [-0.2, 0) is 0 Å². The van der Waals surface area contributed by atoms with E-state index in [1.54, 1.807) is 24.3 Å². The summed E-state index contributed by atoms with van der Waals surface area (Å²) in [6, 6.07) is 7.83. The lowest BCUT2D eigenvalue weighted by atomic mass is 10.2. The van der Waals surface area contributed by atoms with Gasteiger partial charge in [-0.3, -0.25) is 4.79 Å². The van der Waals surface area contributed by atoms with Gasteiger partial charge < -0.3 is 9.52 Å². The van der Waals surface area contributed by atoms with Crippen molar-refractivity contribution in [2.24, 2.45) is 0 Å². The Balaban J connectivity index is 2.99. The SMILES string of the molecule is O=c1cc(O)oc2ccccc12. The molecule has 1 aromatic carbocycles. The number of benzene rings is 1. The summed E-state index contributed by atoms with van der Waals surface area (Å²) in [5, 5.41) is 9.43. The summed E-state index contributed by atoms with van der Waals surface area (Å²) in [7, 11) is 0. The number of aromatic hydroxyl groups is 1. The molecule has 0 saturated carbocycles. The zero-order chi connectivity index (χ0) is 8.55. The van der Waals surface area contributed by atoms with Crippen molar-refractivity contribution < 1.29 is 9.52 Å². The Morgan fingerprint density at radius 2 is 2.00 bits per heavy atom. The topological polar surface area (TPSA) is 50.4 Å². The Kier molecular flexibility index (Phi) is 1.37. The van der Waals surface area contributed by atoms with Crippen molar-refractivity contribution in [2.75, 3.05) is 0 Å². The zero-order valence-corrected chi connectivity index (χ0v) is 6.15. The Morgan fingerprint density at radius 1 is 1.25 bits per heavy atom. The summed E-state index contributed by atoms with van der Waals surface area (Å²) in [6.07, 6.45) is 0. The van der Waals surface area contributed by atoms with Crippen LogP contribution in [0.3, 0.4) is 0 Å². The van der Waals surface area contributed by atoms with E-state index in [0.717, 1.165) is 6.07 Å². The van der Waals surface area contributed by atoms with E-state index in [4.69, 9.17) is 9.52 Å². The molecule has 0 saturated heterocycles. The van der Waals surface area contributed by atoms with Crippen LogP contribution in [0.5, 0.6) is 5.95 Å². The monoisotopic (exact) mass is 162 g/mol. The lowest BCUT2D eigenvalue weighted by Crippen LogP contribution is -1.97. The molecule has 0 aliphatic rings. The van der Waals surface area contributed by atoms with E-state index >= 15 is 0 Å². The van der Waals surface area contributed by atoms with Crippen molar-refractivity contribution in [3.05, 3.63) is 40.6 Å². The molecule has 12 heavy (non-hydrogen) atoms. The maximum absolute atomic E-state index is 11.2. The van der Waals surface area contributed by atoms with Crippen LogP contribution in [0.1, 0.15) is 0 Å². The standard InChI is InChI=1S/C9H6O3/c10-7-5-9(11)12-8-4-2-1-3-6(7)8/h1-5,11H. The molecule has 0 bridgehead atoms. The highest BCUT2D eigenvalue weighted by Gasteiger charge is 2.00. The van der Waals surface area contributed by atoms with Gasteiger partial charge in [0.25, 0.3) is 5.95 Å². The van der Waals surface area contributed by atoms with Crippen LogP contribution in [0.4, 0.5) is 0 Å². The molecular weight excluding hydrogens is 156 g/mol. The van der Waals surface area contributed by atoms with Crippen LogP contribution >= 0.6 is 0 Å². The molecule has 0 spiro atoms. The third kappa shape index (κ3) is 0.955. The molecule has 0 unspecified atom stereocenters. The van der Waals surface area contributed by atoms with Crippen LogP contribution in [-0.4, -0.2) is 5.11 Å². The normalized spacial score (nSPS) is 10.3. The van der Waals surface area contributed by atoms with Gasteiger partial charge in [0.1, 0.15) is 5.58 Å². The Hall–Kier alpha value is -1.77. The Labute approximate surface area is 67.9 Å². The highest BCUT2D eigenvalue weighted by molar-refractivity contribution is 5.76. The van der Waals surface area contributed by atoms with E-state index in [-0.39, 0.29) is 11.4 Å². The predicted octanol–water partition coefficient (Wildman–Crippen LogP) is 1.50. The Bertz CT molecular complexity index is 470. The van der Waals surface area contributed by atoms with Gasteiger partial charge in [-0.1, -0.05) is 12.1 Å². The molecule has 1 heterocycles. The van der Waals surface area contributed by atoms with Gasteiger partial charge in [0.2, 0.25) is 0 Å². The van der Waals surface area contributed by atoms with Gasteiger partial charge in [0.15, 0.2) is 5.43 Å². The van der Waals surface area contributed by atoms with Crippen LogP contribution in [0.25, 0.3) is 11.0 Å². The Morgan fingerprint density at radius 3 is 2.83 bits per heavy atom. The van der Waals surface area contributed by atoms with Crippen molar-refractivity contribution in [1.29, 1.82) is 0 Å². The first kappa shape index (κ1) is 6.91. The number of hydrogen-bond donors (Lipinski definition) is 1. The molecule has 0 radical (unpaired) electrons. The molecule has 0 aliphatic heterocycles. The number of rotatable bonds is 0. The van der Waals surface area contributed by atoms with E-state index in [1.165, 1.54) is 0 Å². The van der Waals surface area contributed by atoms with E-state index < -0.39 is 0 Å². The number of fused-ring (bicyclic) bond motifs is 1. The van der Waals surface area contributed by atoms with Gasteiger partial charge in [0.05, 0.1) is 11.5 Å². The molecule has 1 N–H and O–H groups in total. The second-order valence-corrected chi connectivity index (χ2v) is 2.45. The third-order valence-electron chi connectivity index (χ3n) is 1.62. The minimum Gasteiger partial charge on any atom is -0.481 e. The smallest absolute Gasteiger partial charge is 0.286 e. The summed E-state index contributed by atoms with van der Waals surface area (Å²) in [5.41, 5.74) is 0.178. The molecule has 0 fully saturated rings. The van der Waals surface area contributed by atoms with Crippen molar-refractivity contribution >= 4 is 11.0 Å². The van der Waals surface area contributed by atoms with Gasteiger partial charge in [-0.25, -0.2) is 0 Å². The van der Waals surface area contributed by atoms with E-state index in [9.17, 15) is 4.79 Å². The van der Waals surface area contributed by atoms with E-state index in [1.807, 2.05) is 0 Å². The fourth-order valence-electron chi connectivity index (χ4n) is 1.09. The average Bonchev–Trinajstić information content (AvgIpc) is 2.04. The van der Waals surface area contributed by atoms with Gasteiger partial charge >= 0.3 is 0 Å². The van der Waals surface area contributed by atoms with Gasteiger partial charge in [-0.05, 0) is 12.1 Å². The number of hydrogen-bond acceptors (Lipinski definition) is 3. The van der Waals surface area contributed by atoms with Crippen LogP contribution in [0, 0.1) is 0 Å². The molecule has 2 rings (SSSR count). The highest BCUT2D eigenvalue weighted by atomic mass is 16.5. The molecule has 2 aromatic rings. The van der Waals surface area contributed by atoms with Crippen LogP contribution in [0.2, 0.25) is 0 Å². The summed E-state index contributed by atoms with van der Waals surface area (Å²) in [6.45, 7) is 0. The zero-order valence-electron chi connectivity index (χ0n) is 6.15. The van der Waals surface area contributed by atoms with E-state index in [0.29, 0.717) is 11.0 Å². The minimum absolute atomic E-state index is 0.227. The molecule has 0 atom stereocenters. The largest absolute Gasteiger partial charge is 0.481 e. The van der Waals surface area contributed by atoms with Crippen molar-refractivity contribution in [3.63, 3.8) is 0 Å². The summed E-state index contributed by atoms with van der Waals surface area (Å²) >= 11 is 0. The molecule has 0 amide bonds. The molecule has 3 heteroatoms. The van der Waals surface area contributed by atoms with Crippen LogP contribution in [0.15, 0.2) is 39.5 Å². The van der Waals surface area contributed by atoms with E-state index in [2.05, 4.69) is 0 Å². The molecule has 1 aromatic heterocycles. The maximum atomic E-state index is 11.2. The average molecular weight is 162 g/mol. The molecular formula is C9H6O3. The van der Waals surface area contributed by atoms with Crippen molar-refractivity contribution in [2.45, 2.75) is 0 Å². The second kappa shape index (κ2) is 2.37. The fourth-order valence-corrected chi connectivity index (χ4v) is 1.09.